The van der Waals surface area contributed by atoms with Crippen LogP contribution in [0.2, 0.25) is 5.02 Å². The lowest BCUT2D eigenvalue weighted by Gasteiger charge is -2.51. The molecule has 1 N–H and O–H groups in total. The number of nitrogens with zero attached hydrogens (tertiary/aromatic N) is 2. The van der Waals surface area contributed by atoms with Crippen LogP contribution in [0.4, 0.5) is 0 Å². The third-order valence-corrected chi connectivity index (χ3v) is 8.61. The molecule has 1 fully saturated rings. The van der Waals surface area contributed by atoms with E-state index in [2.05, 4.69) is 11.1 Å². The number of H-pyrrole nitrogens is 1. The molecule has 0 aliphatic carbocycles. The summed E-state index contributed by atoms with van der Waals surface area (Å²) < 4.78 is 11.7. The zero-order valence-corrected chi connectivity index (χ0v) is 24.5. The normalized spacial score (nSPS) is 20.4. The molecule has 3 aromatic carbocycles. The second kappa shape index (κ2) is 10.5. The minimum absolute atomic E-state index is 0.00461. The van der Waals surface area contributed by atoms with Crippen molar-refractivity contribution in [2.45, 2.75) is 44.8 Å². The largest absolute Gasteiger partial charge is 0.493 e. The summed E-state index contributed by atoms with van der Waals surface area (Å²) in [6.45, 7) is 6.72. The molecule has 1 aromatic heterocycles. The molecule has 7 nitrogen and oxygen atoms in total. The van der Waals surface area contributed by atoms with Gasteiger partial charge in [0, 0.05) is 34.9 Å². The molecule has 0 spiro atoms. The lowest BCUT2D eigenvalue weighted by Crippen LogP contribution is -2.67. The van der Waals surface area contributed by atoms with Crippen molar-refractivity contribution in [3.63, 3.8) is 0 Å². The molecule has 2 aliphatic heterocycles. The van der Waals surface area contributed by atoms with Gasteiger partial charge in [0.2, 0.25) is 5.91 Å². The van der Waals surface area contributed by atoms with Crippen molar-refractivity contribution in [1.29, 1.82) is 0 Å². The summed E-state index contributed by atoms with van der Waals surface area (Å²) in [7, 11) is 1.63. The van der Waals surface area contributed by atoms with Crippen LogP contribution < -0.4 is 9.47 Å². The van der Waals surface area contributed by atoms with Crippen LogP contribution in [0.3, 0.4) is 0 Å². The van der Waals surface area contributed by atoms with Gasteiger partial charge in [-0.25, -0.2) is 0 Å². The second-order valence-electron chi connectivity index (χ2n) is 11.3. The Morgan fingerprint density at radius 1 is 1.05 bits per heavy atom. The number of carbonyl (C=O) groups is 2. The Morgan fingerprint density at radius 2 is 1.80 bits per heavy atom. The molecule has 0 saturated carbocycles. The molecule has 0 radical (unpaired) electrons. The van der Waals surface area contributed by atoms with Gasteiger partial charge in [-0.1, -0.05) is 48.0 Å². The van der Waals surface area contributed by atoms with Crippen molar-refractivity contribution >= 4 is 34.3 Å². The number of piperazine rings is 1. The van der Waals surface area contributed by atoms with Gasteiger partial charge in [-0.15, -0.1) is 0 Å². The summed E-state index contributed by atoms with van der Waals surface area (Å²) in [6.07, 6.45) is 0.643. The second-order valence-corrected chi connectivity index (χ2v) is 11.7. The summed E-state index contributed by atoms with van der Waals surface area (Å²) in [5.41, 5.74) is 3.67. The number of ether oxygens (including phenoxy) is 2. The number of aromatic nitrogens is 1. The quantitative estimate of drug-likeness (QED) is 0.300. The predicted octanol–water partition coefficient (Wildman–Crippen LogP) is 5.89. The van der Waals surface area contributed by atoms with Crippen LogP contribution in [-0.2, 0) is 21.5 Å². The molecule has 2 aliphatic rings. The first-order valence-electron chi connectivity index (χ1n) is 14.0. The van der Waals surface area contributed by atoms with Gasteiger partial charge >= 0.3 is 0 Å². The summed E-state index contributed by atoms with van der Waals surface area (Å²) in [6, 6.07) is 21.6. The number of fused-ring (bicyclic) bond motifs is 5. The van der Waals surface area contributed by atoms with E-state index >= 15 is 0 Å². The predicted molar refractivity (Wildman–Crippen MR) is 160 cm³/mol. The Labute approximate surface area is 245 Å². The number of benzene rings is 3. The highest BCUT2D eigenvalue weighted by Crippen LogP contribution is 2.49. The fourth-order valence-corrected chi connectivity index (χ4v) is 6.45. The van der Waals surface area contributed by atoms with Crippen LogP contribution >= 0.6 is 11.6 Å². The molecule has 41 heavy (non-hydrogen) atoms. The molecule has 212 valence electrons. The molecule has 1 unspecified atom stereocenters. The van der Waals surface area contributed by atoms with Crippen LogP contribution in [0.25, 0.3) is 10.9 Å². The van der Waals surface area contributed by atoms with E-state index < -0.39 is 5.54 Å². The van der Waals surface area contributed by atoms with Gasteiger partial charge in [0.15, 0.2) is 17.0 Å². The number of methoxy groups -OCH3 is 1. The van der Waals surface area contributed by atoms with E-state index in [0.29, 0.717) is 36.0 Å². The van der Waals surface area contributed by atoms with Crippen molar-refractivity contribution in [3.05, 3.63) is 94.1 Å². The van der Waals surface area contributed by atoms with Crippen LogP contribution in [0.5, 0.6) is 11.5 Å². The standard InChI is InChI=1S/C33H34ClN3O4/c1-20(2)41-27-14-11-22(17-28(27)40-4)25-18-37-29(38)19-36(16-15-21-9-12-23(34)13-10-21)32(39)33(37,3)31-30(25)24-7-5-6-8-26(24)35-31/h5-14,17,20,25,35H,15-16,18-19H2,1-4H3/t25?,33-/m0/s1. The van der Waals surface area contributed by atoms with E-state index in [4.69, 9.17) is 21.1 Å². The molecular formula is C33H34ClN3O4. The van der Waals surface area contributed by atoms with Gasteiger partial charge in [0.05, 0.1) is 25.5 Å². The lowest BCUT2D eigenvalue weighted by atomic mass is 9.76. The number of carbonyl (C=O) groups excluding carboxylic acids is 2. The molecular weight excluding hydrogens is 538 g/mol. The Kier molecular flexibility index (Phi) is 6.94. The Morgan fingerprint density at radius 3 is 2.54 bits per heavy atom. The molecule has 0 bridgehead atoms. The minimum Gasteiger partial charge on any atom is -0.493 e. The summed E-state index contributed by atoms with van der Waals surface area (Å²) in [5, 5.41) is 1.72. The van der Waals surface area contributed by atoms with Gasteiger partial charge < -0.3 is 24.3 Å². The number of nitrogens with one attached hydrogen (secondary N) is 1. The van der Waals surface area contributed by atoms with E-state index in [9.17, 15) is 9.59 Å². The molecule has 4 aromatic rings. The highest BCUT2D eigenvalue weighted by molar-refractivity contribution is 6.30. The third-order valence-electron chi connectivity index (χ3n) is 8.35. The number of para-hydroxylation sites is 1. The smallest absolute Gasteiger partial charge is 0.254 e. The van der Waals surface area contributed by atoms with Gasteiger partial charge in [-0.3, -0.25) is 9.59 Å². The van der Waals surface area contributed by atoms with Crippen LogP contribution in [0.15, 0.2) is 66.7 Å². The van der Waals surface area contributed by atoms with E-state index in [1.807, 2.05) is 81.4 Å². The molecule has 2 amide bonds. The zero-order chi connectivity index (χ0) is 28.9. The van der Waals surface area contributed by atoms with Gasteiger partial charge in [-0.05, 0) is 74.2 Å². The summed E-state index contributed by atoms with van der Waals surface area (Å²) in [5.74, 6) is 1.01. The minimum atomic E-state index is -1.15. The molecule has 3 heterocycles. The van der Waals surface area contributed by atoms with E-state index in [-0.39, 0.29) is 30.4 Å². The van der Waals surface area contributed by atoms with Crippen LogP contribution in [0.1, 0.15) is 49.1 Å². The van der Waals surface area contributed by atoms with Crippen molar-refractivity contribution in [2.24, 2.45) is 0 Å². The van der Waals surface area contributed by atoms with Gasteiger partial charge in [0.1, 0.15) is 0 Å². The monoisotopic (exact) mass is 571 g/mol. The number of amides is 2. The number of hydrogen-bond acceptors (Lipinski definition) is 4. The topological polar surface area (TPSA) is 74.9 Å². The van der Waals surface area contributed by atoms with Gasteiger partial charge in [-0.2, -0.15) is 0 Å². The Hall–Kier alpha value is -3.97. The maximum absolute atomic E-state index is 14.3. The zero-order valence-electron chi connectivity index (χ0n) is 23.7. The molecule has 2 atom stereocenters. The first kappa shape index (κ1) is 27.2. The Balaban J connectivity index is 1.42. The van der Waals surface area contributed by atoms with Crippen molar-refractivity contribution in [2.75, 3.05) is 26.7 Å². The first-order chi connectivity index (χ1) is 19.7. The SMILES string of the molecule is COc1cc(C2CN3C(=O)CN(CCc4ccc(Cl)cc4)C(=O)[C@]3(C)c3[nH]c4ccccc4c32)ccc1OC(C)C. The third kappa shape index (κ3) is 4.62. The highest BCUT2D eigenvalue weighted by Gasteiger charge is 2.56. The van der Waals surface area contributed by atoms with Crippen LogP contribution in [-0.4, -0.2) is 59.4 Å². The molecule has 6 rings (SSSR count). The lowest BCUT2D eigenvalue weighted by molar-refractivity contribution is -0.166. The number of hydrogen-bond donors (Lipinski definition) is 1. The fourth-order valence-electron chi connectivity index (χ4n) is 6.32. The van der Waals surface area contributed by atoms with Crippen molar-refractivity contribution in [3.8, 4) is 11.5 Å². The average molecular weight is 572 g/mol. The maximum atomic E-state index is 14.3. The fraction of sp³-hybridized carbons (Fsp3) is 0.333. The van der Waals surface area contributed by atoms with E-state index in [1.165, 1.54) is 0 Å². The average Bonchev–Trinajstić information content (AvgIpc) is 3.36. The van der Waals surface area contributed by atoms with Gasteiger partial charge in [0.25, 0.3) is 5.91 Å². The van der Waals surface area contributed by atoms with Crippen molar-refractivity contribution in [1.82, 2.24) is 14.8 Å². The molecule has 8 heteroatoms. The summed E-state index contributed by atoms with van der Waals surface area (Å²) in [4.78, 5) is 35.1. The van der Waals surface area contributed by atoms with Crippen molar-refractivity contribution < 1.29 is 19.1 Å². The summed E-state index contributed by atoms with van der Waals surface area (Å²) >= 11 is 6.05. The molecule has 1 saturated heterocycles. The van der Waals surface area contributed by atoms with E-state index in [0.717, 1.165) is 33.3 Å². The van der Waals surface area contributed by atoms with E-state index in [1.54, 1.807) is 16.9 Å². The first-order valence-corrected chi connectivity index (χ1v) is 14.4. The number of rotatable bonds is 7. The maximum Gasteiger partial charge on any atom is 0.254 e. The Bertz CT molecular complexity index is 1630. The number of halogens is 1. The van der Waals surface area contributed by atoms with Crippen LogP contribution in [0, 0.1) is 0 Å². The highest BCUT2D eigenvalue weighted by atomic mass is 35.5. The number of aromatic amines is 1.